The number of hydrogen-bond donors (Lipinski definition) is 1. The molecular formula is C13H11ClF3N3OS. The quantitative estimate of drug-likeness (QED) is 0.853. The van der Waals surface area contributed by atoms with Gasteiger partial charge in [0.15, 0.2) is 5.16 Å². The summed E-state index contributed by atoms with van der Waals surface area (Å²) in [6.07, 6.45) is -1.32. The molecule has 1 aromatic heterocycles. The third kappa shape index (κ3) is 4.17. The van der Waals surface area contributed by atoms with Crippen LogP contribution in [0.1, 0.15) is 5.56 Å². The van der Waals surface area contributed by atoms with Gasteiger partial charge in [-0.05, 0) is 18.2 Å². The summed E-state index contributed by atoms with van der Waals surface area (Å²) < 4.78 is 40.4. The van der Waals surface area contributed by atoms with Crippen LogP contribution in [0.2, 0.25) is 5.02 Å². The third-order valence-electron chi connectivity index (χ3n) is 2.67. The molecule has 0 spiro atoms. The third-order valence-corrected chi connectivity index (χ3v) is 3.96. The predicted octanol–water partition coefficient (Wildman–Crippen LogP) is 3.82. The Bertz CT molecular complexity index is 687. The van der Waals surface area contributed by atoms with Crippen LogP contribution in [0, 0.1) is 0 Å². The largest absolute Gasteiger partial charge is 0.418 e. The fraction of sp³-hybridized carbons (Fsp3) is 0.231. The van der Waals surface area contributed by atoms with Gasteiger partial charge in [0.1, 0.15) is 0 Å². The zero-order chi connectivity index (χ0) is 16.3. The van der Waals surface area contributed by atoms with Gasteiger partial charge >= 0.3 is 6.18 Å². The van der Waals surface area contributed by atoms with E-state index in [1.165, 1.54) is 6.07 Å². The molecule has 2 rings (SSSR count). The second-order valence-corrected chi connectivity index (χ2v) is 5.72. The highest BCUT2D eigenvalue weighted by molar-refractivity contribution is 7.99. The van der Waals surface area contributed by atoms with Gasteiger partial charge in [-0.2, -0.15) is 13.2 Å². The molecule has 0 aliphatic carbocycles. The van der Waals surface area contributed by atoms with Gasteiger partial charge in [-0.1, -0.05) is 23.4 Å². The minimum absolute atomic E-state index is 0.0484. The summed E-state index contributed by atoms with van der Waals surface area (Å²) in [5.74, 6) is -0.606. The summed E-state index contributed by atoms with van der Waals surface area (Å²) in [5, 5.41) is 2.80. The standard InChI is InChI=1S/C13H11ClF3N3OS/c1-20-5-4-18-12(20)22-7-11(21)19-10-3-2-8(14)6-9(10)13(15,16)17/h2-6H,7H2,1H3,(H,19,21). The zero-order valence-electron chi connectivity index (χ0n) is 11.3. The Balaban J connectivity index is 2.07. The van der Waals surface area contributed by atoms with Crippen molar-refractivity contribution in [2.75, 3.05) is 11.1 Å². The zero-order valence-corrected chi connectivity index (χ0v) is 12.9. The highest BCUT2D eigenvalue weighted by Gasteiger charge is 2.34. The molecule has 0 fully saturated rings. The molecule has 9 heteroatoms. The van der Waals surface area contributed by atoms with Crippen molar-refractivity contribution in [3.05, 3.63) is 41.2 Å². The van der Waals surface area contributed by atoms with Crippen LogP contribution in [0.3, 0.4) is 0 Å². The van der Waals surface area contributed by atoms with Crippen molar-refractivity contribution < 1.29 is 18.0 Å². The first-order chi connectivity index (χ1) is 10.3. The van der Waals surface area contributed by atoms with Crippen molar-refractivity contribution in [2.45, 2.75) is 11.3 Å². The number of amides is 1. The second-order valence-electron chi connectivity index (χ2n) is 4.35. The molecule has 1 heterocycles. The Morgan fingerprint density at radius 3 is 2.77 bits per heavy atom. The van der Waals surface area contributed by atoms with Crippen molar-refractivity contribution >= 4 is 35.0 Å². The maximum atomic E-state index is 12.9. The smallest absolute Gasteiger partial charge is 0.329 e. The number of aryl methyl sites for hydroxylation is 1. The summed E-state index contributed by atoms with van der Waals surface area (Å²) in [5.41, 5.74) is -1.29. The molecule has 1 amide bonds. The van der Waals surface area contributed by atoms with Crippen molar-refractivity contribution in [1.29, 1.82) is 0 Å². The van der Waals surface area contributed by atoms with E-state index in [0.717, 1.165) is 23.9 Å². The average molecular weight is 350 g/mol. The lowest BCUT2D eigenvalue weighted by molar-refractivity contribution is -0.137. The lowest BCUT2D eigenvalue weighted by Crippen LogP contribution is -2.18. The summed E-state index contributed by atoms with van der Waals surface area (Å²) in [7, 11) is 1.76. The minimum atomic E-state index is -4.60. The Morgan fingerprint density at radius 2 is 2.18 bits per heavy atom. The van der Waals surface area contributed by atoms with Gasteiger partial charge in [-0.15, -0.1) is 0 Å². The van der Waals surface area contributed by atoms with Crippen LogP contribution in [0.25, 0.3) is 0 Å². The summed E-state index contributed by atoms with van der Waals surface area (Å²) in [6, 6.07) is 3.20. The van der Waals surface area contributed by atoms with E-state index in [-0.39, 0.29) is 16.5 Å². The number of benzene rings is 1. The predicted molar refractivity (Wildman–Crippen MR) is 79.0 cm³/mol. The number of imidazole rings is 1. The Labute approximate surface area is 133 Å². The highest BCUT2D eigenvalue weighted by atomic mass is 35.5. The number of hydrogen-bond acceptors (Lipinski definition) is 3. The van der Waals surface area contributed by atoms with Crippen molar-refractivity contribution in [2.24, 2.45) is 7.05 Å². The van der Waals surface area contributed by atoms with E-state index in [9.17, 15) is 18.0 Å². The van der Waals surface area contributed by atoms with Gasteiger partial charge in [0.2, 0.25) is 5.91 Å². The van der Waals surface area contributed by atoms with Gasteiger partial charge < -0.3 is 9.88 Å². The molecule has 1 N–H and O–H groups in total. The van der Waals surface area contributed by atoms with E-state index in [4.69, 9.17) is 11.6 Å². The van der Waals surface area contributed by atoms with Gasteiger partial charge in [0.25, 0.3) is 0 Å². The first-order valence-electron chi connectivity index (χ1n) is 6.04. The molecule has 2 aromatic rings. The number of nitrogens with zero attached hydrogens (tertiary/aromatic N) is 2. The number of thioether (sulfide) groups is 1. The van der Waals surface area contributed by atoms with Crippen LogP contribution in [-0.4, -0.2) is 21.2 Å². The van der Waals surface area contributed by atoms with Gasteiger partial charge in [0.05, 0.1) is 17.0 Å². The molecule has 118 valence electrons. The lowest BCUT2D eigenvalue weighted by atomic mass is 10.1. The minimum Gasteiger partial charge on any atom is -0.329 e. The number of carbonyl (C=O) groups excluding carboxylic acids is 1. The molecule has 1 aromatic carbocycles. The van der Waals surface area contributed by atoms with Crippen LogP contribution >= 0.6 is 23.4 Å². The van der Waals surface area contributed by atoms with Gasteiger partial charge in [0, 0.05) is 24.5 Å². The molecule has 0 saturated carbocycles. The van der Waals surface area contributed by atoms with Gasteiger partial charge in [-0.25, -0.2) is 4.98 Å². The molecule has 22 heavy (non-hydrogen) atoms. The number of rotatable bonds is 4. The molecule has 0 radical (unpaired) electrons. The van der Waals surface area contributed by atoms with E-state index in [0.29, 0.717) is 5.16 Å². The van der Waals surface area contributed by atoms with Crippen LogP contribution in [0.4, 0.5) is 18.9 Å². The lowest BCUT2D eigenvalue weighted by Gasteiger charge is -2.14. The first kappa shape index (κ1) is 16.7. The maximum absolute atomic E-state index is 12.9. The molecule has 0 bridgehead atoms. The van der Waals surface area contributed by atoms with Crippen LogP contribution in [0.5, 0.6) is 0 Å². The molecule has 0 unspecified atom stereocenters. The van der Waals surface area contributed by atoms with E-state index in [1.54, 1.807) is 24.0 Å². The normalized spacial score (nSPS) is 11.5. The van der Waals surface area contributed by atoms with Crippen LogP contribution in [-0.2, 0) is 18.0 Å². The number of alkyl halides is 3. The first-order valence-corrected chi connectivity index (χ1v) is 7.40. The Hall–Kier alpha value is -1.67. The number of carbonyl (C=O) groups is 1. The molecule has 4 nitrogen and oxygen atoms in total. The molecular weight excluding hydrogens is 339 g/mol. The summed E-state index contributed by atoms with van der Waals surface area (Å²) in [6.45, 7) is 0. The van der Waals surface area contributed by atoms with Crippen LogP contribution in [0.15, 0.2) is 35.7 Å². The highest BCUT2D eigenvalue weighted by Crippen LogP contribution is 2.36. The molecule has 0 atom stereocenters. The average Bonchev–Trinajstić information content (AvgIpc) is 2.83. The Morgan fingerprint density at radius 1 is 1.45 bits per heavy atom. The fourth-order valence-corrected chi connectivity index (χ4v) is 2.57. The molecule has 0 saturated heterocycles. The summed E-state index contributed by atoms with van der Waals surface area (Å²) >= 11 is 6.71. The van der Waals surface area contributed by atoms with Gasteiger partial charge in [-0.3, -0.25) is 4.79 Å². The molecule has 0 aliphatic heterocycles. The fourth-order valence-electron chi connectivity index (χ4n) is 1.67. The van der Waals surface area contributed by atoms with E-state index in [2.05, 4.69) is 10.3 Å². The monoisotopic (exact) mass is 349 g/mol. The maximum Gasteiger partial charge on any atom is 0.418 e. The van der Waals surface area contributed by atoms with E-state index >= 15 is 0 Å². The summed E-state index contributed by atoms with van der Waals surface area (Å²) in [4.78, 5) is 15.8. The SMILES string of the molecule is Cn1ccnc1SCC(=O)Nc1ccc(Cl)cc1C(F)(F)F. The second kappa shape index (κ2) is 6.62. The molecule has 0 aliphatic rings. The van der Waals surface area contributed by atoms with E-state index in [1.807, 2.05) is 0 Å². The van der Waals surface area contributed by atoms with Crippen molar-refractivity contribution in [1.82, 2.24) is 9.55 Å². The van der Waals surface area contributed by atoms with Crippen molar-refractivity contribution in [3.8, 4) is 0 Å². The Kier molecular flexibility index (Phi) is 5.02. The number of halogens is 4. The van der Waals surface area contributed by atoms with E-state index < -0.39 is 17.6 Å². The number of aromatic nitrogens is 2. The number of anilines is 1. The van der Waals surface area contributed by atoms with Crippen LogP contribution < -0.4 is 5.32 Å². The topological polar surface area (TPSA) is 46.9 Å². The van der Waals surface area contributed by atoms with Crippen molar-refractivity contribution in [3.63, 3.8) is 0 Å². The number of nitrogens with one attached hydrogen (secondary N) is 1.